The Morgan fingerprint density at radius 3 is 2.15 bits per heavy atom. The van der Waals surface area contributed by atoms with Crippen LogP contribution in [0.4, 0.5) is 11.6 Å². The largest absolute Gasteiger partial charge is 0.473 e. The maximum atomic E-state index is 5.91. The van der Waals surface area contributed by atoms with Crippen molar-refractivity contribution in [3.63, 3.8) is 0 Å². The molecular weight excluding hydrogens is 336 g/mol. The normalized spacial score (nSPS) is 14.3. The highest BCUT2D eigenvalue weighted by atomic mass is 16.5. The van der Waals surface area contributed by atoms with Crippen molar-refractivity contribution in [2.24, 2.45) is 0 Å². The minimum absolute atomic E-state index is 0.512. The Morgan fingerprint density at radius 2 is 1.44 bits per heavy atom. The summed E-state index contributed by atoms with van der Waals surface area (Å²) in [7, 11) is 0. The summed E-state index contributed by atoms with van der Waals surface area (Å²) < 4.78 is 5.91. The molecule has 1 aliphatic rings. The van der Waals surface area contributed by atoms with Gasteiger partial charge in [-0.25, -0.2) is 4.98 Å². The average molecular weight is 360 g/mol. The van der Waals surface area contributed by atoms with Crippen LogP contribution in [0.15, 0.2) is 66.7 Å². The summed E-state index contributed by atoms with van der Waals surface area (Å²) in [6.07, 6.45) is 0. The molecule has 0 amide bonds. The Kier molecular flexibility index (Phi) is 5.19. The minimum atomic E-state index is 0.512. The summed E-state index contributed by atoms with van der Waals surface area (Å²) in [4.78, 5) is 13.9. The number of para-hydroxylation sites is 1. The molecule has 1 aliphatic heterocycles. The van der Waals surface area contributed by atoms with Gasteiger partial charge in [0.25, 0.3) is 0 Å². The van der Waals surface area contributed by atoms with E-state index in [0.29, 0.717) is 12.5 Å². The smallest absolute Gasteiger partial charge is 0.228 e. The summed E-state index contributed by atoms with van der Waals surface area (Å²) in [5.41, 5.74) is 3.33. The molecule has 5 nitrogen and oxygen atoms in total. The van der Waals surface area contributed by atoms with Gasteiger partial charge in [-0.1, -0.05) is 48.5 Å². The Hall–Kier alpha value is -3.08. The van der Waals surface area contributed by atoms with E-state index in [1.54, 1.807) is 0 Å². The fourth-order valence-corrected chi connectivity index (χ4v) is 3.27. The van der Waals surface area contributed by atoms with Gasteiger partial charge in [0.1, 0.15) is 6.61 Å². The molecule has 0 atom stereocenters. The van der Waals surface area contributed by atoms with E-state index in [-0.39, 0.29) is 0 Å². The second-order valence-corrected chi connectivity index (χ2v) is 6.73. The maximum Gasteiger partial charge on any atom is 0.228 e. The van der Waals surface area contributed by atoms with Crippen LogP contribution >= 0.6 is 0 Å². The molecule has 0 radical (unpaired) electrons. The van der Waals surface area contributed by atoms with E-state index >= 15 is 0 Å². The predicted molar refractivity (Wildman–Crippen MR) is 108 cm³/mol. The lowest BCUT2D eigenvalue weighted by Crippen LogP contribution is -2.47. The molecule has 0 saturated carbocycles. The van der Waals surface area contributed by atoms with E-state index in [9.17, 15) is 0 Å². The predicted octanol–water partition coefficient (Wildman–Crippen LogP) is 3.69. The van der Waals surface area contributed by atoms with Crippen molar-refractivity contribution in [1.82, 2.24) is 9.97 Å². The third kappa shape index (κ3) is 4.37. The number of anilines is 2. The number of benzene rings is 2. The van der Waals surface area contributed by atoms with Crippen LogP contribution in [0.5, 0.6) is 5.88 Å². The standard InChI is InChI=1S/C22H24N4O/c1-18-16-21(27-17-19-8-4-2-5-9-19)24-22(23-18)26-14-12-25(13-15-26)20-10-6-3-7-11-20/h2-11,16H,12-15,17H2,1H3. The first kappa shape index (κ1) is 17.3. The van der Waals surface area contributed by atoms with Crippen LogP contribution < -0.4 is 14.5 Å². The number of aromatic nitrogens is 2. The van der Waals surface area contributed by atoms with E-state index in [4.69, 9.17) is 4.74 Å². The minimum Gasteiger partial charge on any atom is -0.473 e. The van der Waals surface area contributed by atoms with E-state index in [0.717, 1.165) is 43.4 Å². The lowest BCUT2D eigenvalue weighted by Gasteiger charge is -2.36. The van der Waals surface area contributed by atoms with Gasteiger partial charge < -0.3 is 14.5 Å². The fourth-order valence-electron chi connectivity index (χ4n) is 3.27. The van der Waals surface area contributed by atoms with Crippen molar-refractivity contribution in [2.75, 3.05) is 36.0 Å². The molecule has 27 heavy (non-hydrogen) atoms. The molecule has 1 aromatic heterocycles. The molecule has 0 spiro atoms. The van der Waals surface area contributed by atoms with Crippen LogP contribution in [-0.2, 0) is 6.61 Å². The van der Waals surface area contributed by atoms with Gasteiger partial charge in [-0.15, -0.1) is 0 Å². The van der Waals surface area contributed by atoms with Crippen LogP contribution in [0.2, 0.25) is 0 Å². The van der Waals surface area contributed by atoms with Gasteiger partial charge in [0, 0.05) is 43.6 Å². The van der Waals surface area contributed by atoms with E-state index in [1.165, 1.54) is 5.69 Å². The van der Waals surface area contributed by atoms with E-state index in [1.807, 2.05) is 31.2 Å². The first-order chi connectivity index (χ1) is 13.3. The molecule has 1 fully saturated rings. The van der Waals surface area contributed by atoms with Crippen molar-refractivity contribution >= 4 is 11.6 Å². The zero-order valence-electron chi connectivity index (χ0n) is 15.6. The van der Waals surface area contributed by atoms with Crippen molar-refractivity contribution in [2.45, 2.75) is 13.5 Å². The van der Waals surface area contributed by atoms with Gasteiger partial charge in [-0.2, -0.15) is 4.98 Å². The molecule has 2 heterocycles. The van der Waals surface area contributed by atoms with Crippen LogP contribution in [0.25, 0.3) is 0 Å². The van der Waals surface area contributed by atoms with E-state index < -0.39 is 0 Å². The third-order valence-electron chi connectivity index (χ3n) is 4.73. The molecule has 4 rings (SSSR count). The number of hydrogen-bond donors (Lipinski definition) is 0. The average Bonchev–Trinajstić information content (AvgIpc) is 2.73. The maximum absolute atomic E-state index is 5.91. The van der Waals surface area contributed by atoms with Gasteiger partial charge >= 0.3 is 0 Å². The number of piperazine rings is 1. The molecule has 0 aliphatic carbocycles. The fraction of sp³-hybridized carbons (Fsp3) is 0.273. The molecule has 0 bridgehead atoms. The first-order valence-electron chi connectivity index (χ1n) is 9.35. The Bertz CT molecular complexity index is 862. The highest BCUT2D eigenvalue weighted by Crippen LogP contribution is 2.20. The summed E-state index contributed by atoms with van der Waals surface area (Å²) in [6.45, 7) is 6.22. The van der Waals surface area contributed by atoms with Crippen molar-refractivity contribution in [1.29, 1.82) is 0 Å². The van der Waals surface area contributed by atoms with Gasteiger partial charge in [0.15, 0.2) is 0 Å². The van der Waals surface area contributed by atoms with Gasteiger partial charge in [0.05, 0.1) is 0 Å². The number of rotatable bonds is 5. The Morgan fingerprint density at radius 1 is 0.815 bits per heavy atom. The molecule has 0 unspecified atom stereocenters. The zero-order chi connectivity index (χ0) is 18.5. The van der Waals surface area contributed by atoms with Gasteiger partial charge in [-0.05, 0) is 24.6 Å². The molecule has 5 heteroatoms. The highest BCUT2D eigenvalue weighted by molar-refractivity contribution is 5.48. The van der Waals surface area contributed by atoms with Crippen molar-refractivity contribution in [3.8, 4) is 5.88 Å². The second kappa shape index (κ2) is 8.08. The number of ether oxygens (including phenoxy) is 1. The Labute approximate surface area is 160 Å². The third-order valence-corrected chi connectivity index (χ3v) is 4.73. The quantitative estimate of drug-likeness (QED) is 0.694. The number of nitrogens with zero attached hydrogens (tertiary/aromatic N) is 4. The van der Waals surface area contributed by atoms with Crippen LogP contribution in [0.1, 0.15) is 11.3 Å². The van der Waals surface area contributed by atoms with Gasteiger partial charge in [-0.3, -0.25) is 0 Å². The zero-order valence-corrected chi connectivity index (χ0v) is 15.6. The molecule has 3 aromatic rings. The molecule has 138 valence electrons. The van der Waals surface area contributed by atoms with E-state index in [2.05, 4.69) is 62.2 Å². The Balaban J connectivity index is 1.41. The summed E-state index contributed by atoms with van der Waals surface area (Å²) in [5.74, 6) is 1.39. The monoisotopic (exact) mass is 360 g/mol. The molecule has 0 N–H and O–H groups in total. The van der Waals surface area contributed by atoms with Crippen LogP contribution in [0, 0.1) is 6.92 Å². The number of hydrogen-bond acceptors (Lipinski definition) is 5. The van der Waals surface area contributed by atoms with Gasteiger partial charge in [0.2, 0.25) is 11.8 Å². The molecule has 1 saturated heterocycles. The second-order valence-electron chi connectivity index (χ2n) is 6.73. The summed E-state index contributed by atoms with van der Waals surface area (Å²) in [5, 5.41) is 0. The summed E-state index contributed by atoms with van der Waals surface area (Å²) in [6, 6.07) is 22.6. The van der Waals surface area contributed by atoms with Crippen LogP contribution in [0.3, 0.4) is 0 Å². The van der Waals surface area contributed by atoms with Crippen LogP contribution in [-0.4, -0.2) is 36.1 Å². The molecular formula is C22H24N4O. The first-order valence-corrected chi connectivity index (χ1v) is 9.35. The van der Waals surface area contributed by atoms with Crippen molar-refractivity contribution < 1.29 is 4.74 Å². The highest BCUT2D eigenvalue weighted by Gasteiger charge is 2.20. The van der Waals surface area contributed by atoms with Crippen molar-refractivity contribution in [3.05, 3.63) is 78.0 Å². The molecule has 2 aromatic carbocycles. The number of aryl methyl sites for hydroxylation is 1. The SMILES string of the molecule is Cc1cc(OCc2ccccc2)nc(N2CCN(c3ccccc3)CC2)n1. The lowest BCUT2D eigenvalue weighted by atomic mass is 10.2. The topological polar surface area (TPSA) is 41.5 Å². The lowest BCUT2D eigenvalue weighted by molar-refractivity contribution is 0.293. The summed E-state index contributed by atoms with van der Waals surface area (Å²) >= 11 is 0.